The van der Waals surface area contributed by atoms with Crippen molar-refractivity contribution in [2.45, 2.75) is 19.6 Å². The zero-order valence-electron chi connectivity index (χ0n) is 16.6. The molecule has 2 N–H and O–H groups in total. The van der Waals surface area contributed by atoms with Crippen molar-refractivity contribution in [3.05, 3.63) is 107 Å². The number of carbonyl (C=O) groups excluding carboxylic acids is 2. The second-order valence-electron chi connectivity index (χ2n) is 7.21. The highest BCUT2D eigenvalue weighted by molar-refractivity contribution is 7.99. The second kappa shape index (κ2) is 8.22. The Morgan fingerprint density at radius 2 is 0.875 bits per heavy atom. The van der Waals surface area contributed by atoms with Gasteiger partial charge < -0.3 is 10.2 Å². The molecule has 1 aliphatic carbocycles. The third-order valence-corrected chi connectivity index (χ3v) is 7.26. The number of fused-ring (bicyclic) bond motifs is 2. The van der Waals surface area contributed by atoms with Crippen LogP contribution in [0.25, 0.3) is 0 Å². The van der Waals surface area contributed by atoms with Crippen molar-refractivity contribution in [1.82, 2.24) is 0 Å². The van der Waals surface area contributed by atoms with Gasteiger partial charge in [0.15, 0.2) is 11.6 Å². The van der Waals surface area contributed by atoms with Crippen molar-refractivity contribution in [3.8, 4) is 11.5 Å². The number of hydrogen-bond acceptors (Lipinski definition) is 6. The van der Waals surface area contributed by atoms with Crippen molar-refractivity contribution in [2.24, 2.45) is 0 Å². The van der Waals surface area contributed by atoms with E-state index in [4.69, 9.17) is 0 Å². The maximum atomic E-state index is 13.5. The van der Waals surface area contributed by atoms with Crippen LogP contribution in [-0.2, 0) is 0 Å². The van der Waals surface area contributed by atoms with Crippen LogP contribution in [0.5, 0.6) is 11.5 Å². The molecule has 0 heterocycles. The van der Waals surface area contributed by atoms with Gasteiger partial charge in [0.25, 0.3) is 0 Å². The molecule has 0 saturated carbocycles. The largest absolute Gasteiger partial charge is 0.508 e. The Morgan fingerprint density at radius 3 is 1.25 bits per heavy atom. The van der Waals surface area contributed by atoms with E-state index < -0.39 is 0 Å². The van der Waals surface area contributed by atoms with E-state index in [1.807, 2.05) is 12.1 Å². The Hall–Kier alpha value is -3.48. The predicted molar refractivity (Wildman–Crippen MR) is 124 cm³/mol. The van der Waals surface area contributed by atoms with Crippen molar-refractivity contribution in [2.75, 3.05) is 0 Å². The van der Waals surface area contributed by atoms with Crippen LogP contribution in [0.2, 0.25) is 0 Å². The molecule has 4 nitrogen and oxygen atoms in total. The molecule has 0 amide bonds. The van der Waals surface area contributed by atoms with E-state index in [0.717, 1.165) is 9.79 Å². The van der Waals surface area contributed by atoms with E-state index >= 15 is 0 Å². The van der Waals surface area contributed by atoms with E-state index in [0.29, 0.717) is 32.0 Å². The van der Waals surface area contributed by atoms with Crippen molar-refractivity contribution < 1.29 is 19.8 Å². The summed E-state index contributed by atoms with van der Waals surface area (Å²) < 4.78 is 0. The summed E-state index contributed by atoms with van der Waals surface area (Å²) in [4.78, 5) is 30.2. The number of ketones is 2. The molecule has 5 rings (SSSR count). The van der Waals surface area contributed by atoms with Crippen LogP contribution in [0.4, 0.5) is 0 Å². The number of phenols is 2. The molecular formula is C26H16O4S2. The average Bonchev–Trinajstić information content (AvgIpc) is 2.80. The molecule has 4 aromatic rings. The first-order chi connectivity index (χ1) is 15.5. The molecule has 156 valence electrons. The maximum Gasteiger partial charge on any atom is 0.195 e. The SMILES string of the molecule is O=C1c2cccc(Sc3ccc(O)cc3)c2C(=O)c2cccc(Sc3ccc(O)cc3)c21. The van der Waals surface area contributed by atoms with Gasteiger partial charge in [0.2, 0.25) is 0 Å². The lowest BCUT2D eigenvalue weighted by molar-refractivity contribution is 0.0974. The minimum Gasteiger partial charge on any atom is -0.508 e. The maximum absolute atomic E-state index is 13.5. The van der Waals surface area contributed by atoms with Gasteiger partial charge in [-0.3, -0.25) is 9.59 Å². The molecule has 0 aromatic heterocycles. The van der Waals surface area contributed by atoms with Gasteiger partial charge >= 0.3 is 0 Å². The predicted octanol–water partition coefficient (Wildman–Crippen LogP) is 6.18. The summed E-state index contributed by atoms with van der Waals surface area (Å²) in [5.41, 5.74) is 1.61. The Morgan fingerprint density at radius 1 is 0.500 bits per heavy atom. The van der Waals surface area contributed by atoms with E-state index in [2.05, 4.69) is 0 Å². The Balaban J connectivity index is 1.56. The Labute approximate surface area is 192 Å². The van der Waals surface area contributed by atoms with Gasteiger partial charge in [0.1, 0.15) is 11.5 Å². The van der Waals surface area contributed by atoms with Crippen LogP contribution >= 0.6 is 23.5 Å². The van der Waals surface area contributed by atoms with Crippen molar-refractivity contribution in [3.63, 3.8) is 0 Å². The zero-order valence-corrected chi connectivity index (χ0v) is 18.2. The number of phenolic OH excluding ortho intramolecular Hbond substituents is 2. The summed E-state index contributed by atoms with van der Waals surface area (Å²) in [6, 6.07) is 24.1. The van der Waals surface area contributed by atoms with Crippen LogP contribution in [-0.4, -0.2) is 21.8 Å². The lowest BCUT2D eigenvalue weighted by Crippen LogP contribution is -2.22. The van der Waals surface area contributed by atoms with Gasteiger partial charge in [-0.1, -0.05) is 47.8 Å². The van der Waals surface area contributed by atoms with Crippen molar-refractivity contribution in [1.29, 1.82) is 0 Å². The van der Waals surface area contributed by atoms with E-state index in [1.165, 1.54) is 23.5 Å². The lowest BCUT2D eigenvalue weighted by atomic mass is 9.84. The summed E-state index contributed by atoms with van der Waals surface area (Å²) in [5, 5.41) is 19.0. The fraction of sp³-hybridized carbons (Fsp3) is 0. The fourth-order valence-electron chi connectivity index (χ4n) is 3.63. The first-order valence-corrected chi connectivity index (χ1v) is 11.4. The van der Waals surface area contributed by atoms with Crippen LogP contribution < -0.4 is 0 Å². The molecule has 6 heteroatoms. The highest BCUT2D eigenvalue weighted by Crippen LogP contribution is 2.41. The normalized spacial score (nSPS) is 12.4. The summed E-state index contributed by atoms with van der Waals surface area (Å²) >= 11 is 2.77. The minimum atomic E-state index is -0.176. The Bertz CT molecular complexity index is 1250. The first kappa shape index (κ1) is 20.4. The molecule has 0 radical (unpaired) electrons. The van der Waals surface area contributed by atoms with Gasteiger partial charge in [-0.15, -0.1) is 0 Å². The second-order valence-corrected chi connectivity index (χ2v) is 9.44. The lowest BCUT2D eigenvalue weighted by Gasteiger charge is -2.22. The summed E-state index contributed by atoms with van der Waals surface area (Å²) in [6.45, 7) is 0. The monoisotopic (exact) mass is 456 g/mol. The smallest absolute Gasteiger partial charge is 0.195 e. The third kappa shape index (κ3) is 3.68. The number of carbonyl (C=O) groups is 2. The highest BCUT2D eigenvalue weighted by atomic mass is 32.2. The third-order valence-electron chi connectivity index (χ3n) is 5.12. The van der Waals surface area contributed by atoms with Gasteiger partial charge in [0.05, 0.1) is 0 Å². The van der Waals surface area contributed by atoms with E-state index in [9.17, 15) is 19.8 Å². The van der Waals surface area contributed by atoms with Crippen LogP contribution in [0.3, 0.4) is 0 Å². The molecule has 0 fully saturated rings. The van der Waals surface area contributed by atoms with Gasteiger partial charge in [0, 0.05) is 41.8 Å². The molecule has 0 atom stereocenters. The quantitative estimate of drug-likeness (QED) is 0.337. The Kier molecular flexibility index (Phi) is 5.25. The number of rotatable bonds is 4. The highest BCUT2D eigenvalue weighted by Gasteiger charge is 2.33. The first-order valence-electron chi connectivity index (χ1n) is 9.80. The minimum absolute atomic E-state index is 0.170. The van der Waals surface area contributed by atoms with Gasteiger partial charge in [-0.2, -0.15) is 0 Å². The van der Waals surface area contributed by atoms with E-state index in [-0.39, 0.29) is 23.1 Å². The standard InChI is InChI=1S/C26H16O4S2/c27-15-7-11-17(12-8-15)31-21-5-1-3-19-23(21)26(30)20-4-2-6-22(24(20)25(19)29)32-18-13-9-16(28)10-14-18/h1-14,27-28H. The topological polar surface area (TPSA) is 74.6 Å². The van der Waals surface area contributed by atoms with Crippen LogP contribution in [0.1, 0.15) is 31.8 Å². The number of benzene rings is 4. The fourth-order valence-corrected chi connectivity index (χ4v) is 5.59. The zero-order chi connectivity index (χ0) is 22.2. The molecule has 0 spiro atoms. The van der Waals surface area contributed by atoms with E-state index in [1.54, 1.807) is 72.8 Å². The van der Waals surface area contributed by atoms with Crippen LogP contribution in [0.15, 0.2) is 105 Å². The summed E-state index contributed by atoms with van der Waals surface area (Å²) in [6.07, 6.45) is 0. The molecule has 1 aliphatic rings. The molecule has 0 aliphatic heterocycles. The average molecular weight is 457 g/mol. The molecule has 32 heavy (non-hydrogen) atoms. The molecular weight excluding hydrogens is 440 g/mol. The number of aromatic hydroxyl groups is 2. The van der Waals surface area contributed by atoms with Crippen LogP contribution in [0, 0.1) is 0 Å². The van der Waals surface area contributed by atoms with Crippen molar-refractivity contribution >= 4 is 35.1 Å². The number of hydrogen-bond donors (Lipinski definition) is 2. The molecule has 0 saturated heterocycles. The summed E-state index contributed by atoms with van der Waals surface area (Å²) in [7, 11) is 0. The summed E-state index contributed by atoms with van der Waals surface area (Å²) in [5.74, 6) is -0.0131. The molecule has 4 aromatic carbocycles. The molecule has 0 bridgehead atoms. The van der Waals surface area contributed by atoms with Gasteiger partial charge in [-0.05, 0) is 60.7 Å². The van der Waals surface area contributed by atoms with Gasteiger partial charge in [-0.25, -0.2) is 0 Å². The molecule has 0 unspecified atom stereocenters.